The van der Waals surface area contributed by atoms with Crippen LogP contribution in [-0.2, 0) is 20.2 Å². The summed E-state index contributed by atoms with van der Waals surface area (Å²) in [6.45, 7) is 0. The third kappa shape index (κ3) is 2.53. The molecule has 1 aliphatic carbocycles. The third-order valence-electron chi connectivity index (χ3n) is 3.72. The lowest BCUT2D eigenvalue weighted by Crippen LogP contribution is -2.26. The topological polar surface area (TPSA) is 169 Å². The van der Waals surface area contributed by atoms with Crippen molar-refractivity contribution in [3.8, 4) is 0 Å². The van der Waals surface area contributed by atoms with E-state index in [4.69, 9.17) is 5.73 Å². The van der Waals surface area contributed by atoms with Crippen molar-refractivity contribution < 1.29 is 35.5 Å². The van der Waals surface area contributed by atoms with Gasteiger partial charge < -0.3 is 5.73 Å². The summed E-state index contributed by atoms with van der Waals surface area (Å²) in [4.78, 5) is 23.1. The molecule has 0 bridgehead atoms. The fourth-order valence-electron chi connectivity index (χ4n) is 2.68. The Hall–Kier alpha value is -2.60. The Bertz CT molecular complexity index is 1180. The van der Waals surface area contributed by atoms with E-state index in [9.17, 15) is 35.5 Å². The average Bonchev–Trinajstić information content (AvgIpc) is 2.49. The standard InChI is InChI=1S/C14H9NO8S2/c15-12-9(25(21,22)23)5-8(24(18,19)20)10-11(12)14(17)7-4-2-1-3-6(7)13(10)16/h1-5H,15H2,(H,18,19,20)(H,21,22,23). The number of nitrogens with two attached hydrogens (primary N) is 1. The molecule has 1 aliphatic rings. The van der Waals surface area contributed by atoms with Crippen molar-refractivity contribution in [2.24, 2.45) is 0 Å². The number of carbonyl (C=O) groups excluding carboxylic acids is 2. The van der Waals surface area contributed by atoms with Crippen LogP contribution in [0.25, 0.3) is 0 Å². The van der Waals surface area contributed by atoms with Gasteiger partial charge >= 0.3 is 0 Å². The van der Waals surface area contributed by atoms with E-state index < -0.39 is 58.4 Å². The zero-order valence-electron chi connectivity index (χ0n) is 12.1. The summed E-state index contributed by atoms with van der Waals surface area (Å²) in [6, 6.07) is 5.79. The van der Waals surface area contributed by atoms with Crippen molar-refractivity contribution in [2.45, 2.75) is 9.79 Å². The second kappa shape index (κ2) is 5.20. The first-order chi connectivity index (χ1) is 11.4. The minimum absolute atomic E-state index is 0.111. The van der Waals surface area contributed by atoms with Crippen molar-refractivity contribution in [3.05, 3.63) is 52.6 Å². The van der Waals surface area contributed by atoms with Gasteiger partial charge in [0.2, 0.25) is 0 Å². The van der Waals surface area contributed by atoms with Crippen molar-refractivity contribution in [2.75, 3.05) is 5.73 Å². The van der Waals surface area contributed by atoms with Crippen molar-refractivity contribution in [1.82, 2.24) is 0 Å². The van der Waals surface area contributed by atoms with Crippen LogP contribution in [-0.4, -0.2) is 37.5 Å². The monoisotopic (exact) mass is 383 g/mol. The van der Waals surface area contributed by atoms with E-state index in [1.165, 1.54) is 24.3 Å². The number of anilines is 1. The number of benzene rings is 2. The lowest BCUT2D eigenvalue weighted by molar-refractivity contribution is 0.0977. The van der Waals surface area contributed by atoms with Gasteiger partial charge in [-0.05, 0) is 6.07 Å². The molecule has 0 atom stereocenters. The van der Waals surface area contributed by atoms with Crippen LogP contribution in [0.1, 0.15) is 31.8 Å². The molecule has 9 nitrogen and oxygen atoms in total. The molecular weight excluding hydrogens is 374 g/mol. The van der Waals surface area contributed by atoms with E-state index in [2.05, 4.69) is 0 Å². The van der Waals surface area contributed by atoms with Gasteiger partial charge in [-0.15, -0.1) is 0 Å². The maximum atomic E-state index is 12.6. The van der Waals surface area contributed by atoms with E-state index in [0.717, 1.165) is 0 Å². The molecule has 0 radical (unpaired) electrons. The van der Waals surface area contributed by atoms with Crippen LogP contribution in [0.2, 0.25) is 0 Å². The average molecular weight is 383 g/mol. The second-order valence-electron chi connectivity index (χ2n) is 5.19. The maximum Gasteiger partial charge on any atom is 0.296 e. The summed E-state index contributed by atoms with van der Waals surface area (Å²) in [7, 11) is -10.1. The maximum absolute atomic E-state index is 12.6. The van der Waals surface area contributed by atoms with Crippen molar-refractivity contribution in [1.29, 1.82) is 0 Å². The molecule has 0 spiro atoms. The van der Waals surface area contributed by atoms with E-state index in [1.54, 1.807) is 0 Å². The molecule has 0 amide bonds. The lowest BCUT2D eigenvalue weighted by atomic mass is 9.83. The summed E-state index contributed by atoms with van der Waals surface area (Å²) in [6.07, 6.45) is 0. The predicted molar refractivity (Wildman–Crippen MR) is 83.8 cm³/mol. The normalized spacial score (nSPS) is 14.2. The molecular formula is C14H9NO8S2. The van der Waals surface area contributed by atoms with Gasteiger partial charge in [-0.2, -0.15) is 16.8 Å². The largest absolute Gasteiger partial charge is 0.397 e. The Morgan fingerprint density at radius 2 is 1.20 bits per heavy atom. The lowest BCUT2D eigenvalue weighted by Gasteiger charge is -2.21. The summed E-state index contributed by atoms with van der Waals surface area (Å²) in [5.74, 6) is -1.83. The Kier molecular flexibility index (Phi) is 3.58. The van der Waals surface area contributed by atoms with E-state index in [-0.39, 0.29) is 11.1 Å². The third-order valence-corrected chi connectivity index (χ3v) is 5.49. The number of hydrogen-bond donors (Lipinski definition) is 3. The zero-order chi connectivity index (χ0) is 18.7. The van der Waals surface area contributed by atoms with Crippen LogP contribution in [0, 0.1) is 0 Å². The minimum atomic E-state index is -5.11. The van der Waals surface area contributed by atoms with Gasteiger partial charge in [0.05, 0.1) is 16.8 Å². The smallest absolute Gasteiger partial charge is 0.296 e. The molecule has 11 heteroatoms. The summed E-state index contributed by atoms with van der Waals surface area (Å²) in [5.41, 5.74) is 3.17. The first-order valence-corrected chi connectivity index (χ1v) is 9.42. The summed E-state index contributed by atoms with van der Waals surface area (Å²) < 4.78 is 64.8. The molecule has 0 saturated carbocycles. The molecule has 0 unspecified atom stereocenters. The van der Waals surface area contributed by atoms with Crippen LogP contribution in [0.5, 0.6) is 0 Å². The molecule has 3 rings (SSSR count). The van der Waals surface area contributed by atoms with Crippen LogP contribution in [0.4, 0.5) is 5.69 Å². The predicted octanol–water partition coefficient (Wildman–Crippen LogP) is 0.538. The number of carbonyl (C=O) groups is 2. The molecule has 0 heterocycles. The Morgan fingerprint density at radius 3 is 1.64 bits per heavy atom. The molecule has 4 N–H and O–H groups in total. The molecule has 0 aliphatic heterocycles. The van der Waals surface area contributed by atoms with E-state index >= 15 is 0 Å². The highest BCUT2D eigenvalue weighted by atomic mass is 32.2. The van der Waals surface area contributed by atoms with Gasteiger partial charge in [-0.3, -0.25) is 18.7 Å². The molecule has 25 heavy (non-hydrogen) atoms. The van der Waals surface area contributed by atoms with Crippen LogP contribution >= 0.6 is 0 Å². The van der Waals surface area contributed by atoms with Crippen LogP contribution in [0.15, 0.2) is 40.1 Å². The molecule has 0 saturated heterocycles. The van der Waals surface area contributed by atoms with Crippen LogP contribution in [0.3, 0.4) is 0 Å². The number of hydrogen-bond acceptors (Lipinski definition) is 7. The molecule has 0 aromatic heterocycles. The minimum Gasteiger partial charge on any atom is -0.397 e. The number of rotatable bonds is 2. The van der Waals surface area contributed by atoms with Gasteiger partial charge in [0.1, 0.15) is 9.79 Å². The first-order valence-electron chi connectivity index (χ1n) is 6.54. The van der Waals surface area contributed by atoms with Gasteiger partial charge in [0.25, 0.3) is 20.2 Å². The molecule has 130 valence electrons. The first kappa shape index (κ1) is 17.2. The summed E-state index contributed by atoms with van der Waals surface area (Å²) >= 11 is 0. The molecule has 2 aromatic carbocycles. The zero-order valence-corrected chi connectivity index (χ0v) is 13.8. The fourth-order valence-corrected chi connectivity index (χ4v) is 4.12. The van der Waals surface area contributed by atoms with Gasteiger partial charge in [-0.25, -0.2) is 0 Å². The second-order valence-corrected chi connectivity index (χ2v) is 7.97. The van der Waals surface area contributed by atoms with Gasteiger partial charge in [0.15, 0.2) is 11.6 Å². The highest BCUT2D eigenvalue weighted by Gasteiger charge is 2.38. The quantitative estimate of drug-likeness (QED) is 0.422. The van der Waals surface area contributed by atoms with E-state index in [1.807, 2.05) is 0 Å². The Morgan fingerprint density at radius 1 is 0.760 bits per heavy atom. The molecule has 0 fully saturated rings. The van der Waals surface area contributed by atoms with E-state index in [0.29, 0.717) is 6.07 Å². The highest BCUT2D eigenvalue weighted by Crippen LogP contribution is 2.38. The Labute approximate surface area is 141 Å². The van der Waals surface area contributed by atoms with Gasteiger partial charge in [-0.1, -0.05) is 24.3 Å². The number of ketones is 2. The fraction of sp³-hybridized carbons (Fsp3) is 0. The molecule has 2 aromatic rings. The number of nitrogen functional groups attached to an aromatic ring is 1. The van der Waals surface area contributed by atoms with Gasteiger partial charge in [0, 0.05) is 11.1 Å². The SMILES string of the molecule is Nc1c(S(=O)(=O)O)cc(S(=O)(=O)O)c2c1C(=O)c1ccccc1C2=O. The Balaban J connectivity index is 2.56. The van der Waals surface area contributed by atoms with Crippen molar-refractivity contribution in [3.63, 3.8) is 0 Å². The van der Waals surface area contributed by atoms with Crippen LogP contribution < -0.4 is 5.73 Å². The number of fused-ring (bicyclic) bond motifs is 2. The summed E-state index contributed by atoms with van der Waals surface area (Å²) in [5, 5.41) is 0. The van der Waals surface area contributed by atoms with Crippen molar-refractivity contribution >= 4 is 37.5 Å². The highest BCUT2D eigenvalue weighted by molar-refractivity contribution is 7.86.